The Kier molecular flexibility index (Phi) is 7.31. The van der Waals surface area contributed by atoms with E-state index >= 15 is 0 Å². The van der Waals surface area contributed by atoms with Crippen molar-refractivity contribution in [1.82, 2.24) is 4.90 Å². The van der Waals surface area contributed by atoms with Crippen molar-refractivity contribution in [3.63, 3.8) is 0 Å². The van der Waals surface area contributed by atoms with Crippen molar-refractivity contribution >= 4 is 39.0 Å². The van der Waals surface area contributed by atoms with E-state index in [0.717, 1.165) is 44.3 Å². The van der Waals surface area contributed by atoms with Crippen LogP contribution >= 0.6 is 0 Å². The van der Waals surface area contributed by atoms with E-state index in [1.807, 2.05) is 11.9 Å². The molecule has 2 aromatic rings. The first-order valence-corrected chi connectivity index (χ1v) is 13.1. The molecule has 0 unspecified atom stereocenters. The summed E-state index contributed by atoms with van der Waals surface area (Å²) >= 11 is 0. The van der Waals surface area contributed by atoms with Gasteiger partial charge in [-0.2, -0.15) is 8.42 Å². The highest BCUT2D eigenvalue weighted by atomic mass is 32.2. The Labute approximate surface area is 200 Å². The van der Waals surface area contributed by atoms with E-state index in [-0.39, 0.29) is 16.7 Å². The van der Waals surface area contributed by atoms with Gasteiger partial charge >= 0.3 is 0 Å². The zero-order valence-corrected chi connectivity index (χ0v) is 20.2. The van der Waals surface area contributed by atoms with Gasteiger partial charge in [-0.3, -0.25) is 9.59 Å². The molecule has 2 fully saturated rings. The zero-order valence-electron chi connectivity index (χ0n) is 19.4. The van der Waals surface area contributed by atoms with Gasteiger partial charge in [0.15, 0.2) is 0 Å². The molecule has 2 aromatic carbocycles. The molecular weight excluding hydrogens is 452 g/mol. The van der Waals surface area contributed by atoms with Crippen LogP contribution in [-0.4, -0.2) is 51.1 Å². The Balaban J connectivity index is 1.47. The van der Waals surface area contributed by atoms with E-state index in [2.05, 4.69) is 9.71 Å². The van der Waals surface area contributed by atoms with Crippen LogP contribution in [0.5, 0.6) is 0 Å². The minimum atomic E-state index is -3.90. The number of rotatable bonds is 5. The van der Waals surface area contributed by atoms with E-state index in [1.165, 1.54) is 12.1 Å². The summed E-state index contributed by atoms with van der Waals surface area (Å²) in [7, 11) is -2.03. The van der Waals surface area contributed by atoms with Crippen molar-refractivity contribution in [2.75, 3.05) is 30.4 Å². The molecule has 8 nitrogen and oxygen atoms in total. The van der Waals surface area contributed by atoms with Crippen molar-refractivity contribution in [3.05, 3.63) is 54.1 Å². The minimum absolute atomic E-state index is 0.0365. The Hall–Kier alpha value is -3.20. The maximum Gasteiger partial charge on any atom is 0.284 e. The summed E-state index contributed by atoms with van der Waals surface area (Å²) in [4.78, 5) is 28.5. The van der Waals surface area contributed by atoms with Gasteiger partial charge in [-0.25, -0.2) is 0 Å². The predicted molar refractivity (Wildman–Crippen MR) is 133 cm³/mol. The third-order valence-corrected chi connectivity index (χ3v) is 7.52. The highest BCUT2D eigenvalue weighted by Crippen LogP contribution is 2.23. The van der Waals surface area contributed by atoms with Crippen LogP contribution in [0.1, 0.15) is 55.3 Å². The Morgan fingerprint density at radius 2 is 1.68 bits per heavy atom. The number of hydrogen-bond donors (Lipinski definition) is 1. The van der Waals surface area contributed by atoms with Crippen LogP contribution in [0.15, 0.2) is 57.8 Å². The lowest BCUT2D eigenvalue weighted by Crippen LogP contribution is -2.35. The highest BCUT2D eigenvalue weighted by molar-refractivity contribution is 7.90. The number of sulfonamides is 1. The molecule has 34 heavy (non-hydrogen) atoms. The first-order chi connectivity index (χ1) is 16.3. The van der Waals surface area contributed by atoms with Gasteiger partial charge in [0, 0.05) is 49.9 Å². The second-order valence-corrected chi connectivity index (χ2v) is 10.4. The molecule has 9 heteroatoms. The molecule has 0 radical (unpaired) electrons. The standard InChI is InChI=1S/C25H30N4O4S/c1-28-16-5-2-3-10-23(28)27-34(32,33)22-9-7-8-20(18-22)26-25(31)19-12-14-21(15-13-19)29-17-6-4-11-24(29)30/h7-9,12-15,18H,2-6,10-11,16-17H2,1H3,(H,26,31)/b27-23+. The number of carbonyl (C=O) groups is 2. The molecule has 0 saturated carbocycles. The number of likely N-dealkylation sites (tertiary alicyclic amines) is 1. The predicted octanol–water partition coefficient (Wildman–Crippen LogP) is 4.05. The molecule has 2 saturated heterocycles. The fraction of sp³-hybridized carbons (Fsp3) is 0.400. The molecule has 2 heterocycles. The van der Waals surface area contributed by atoms with Gasteiger partial charge in [0.1, 0.15) is 5.84 Å². The number of anilines is 2. The minimum Gasteiger partial charge on any atom is -0.362 e. The van der Waals surface area contributed by atoms with Crippen LogP contribution in [0.3, 0.4) is 0 Å². The van der Waals surface area contributed by atoms with Crippen molar-refractivity contribution in [3.8, 4) is 0 Å². The molecular formula is C25H30N4O4S. The molecule has 0 atom stereocenters. The van der Waals surface area contributed by atoms with Crippen molar-refractivity contribution < 1.29 is 18.0 Å². The lowest BCUT2D eigenvalue weighted by atomic mass is 10.1. The molecule has 180 valence electrons. The van der Waals surface area contributed by atoms with Crippen molar-refractivity contribution in [1.29, 1.82) is 0 Å². The molecule has 0 aromatic heterocycles. The number of piperidine rings is 1. The van der Waals surface area contributed by atoms with Crippen LogP contribution in [0.2, 0.25) is 0 Å². The number of amides is 2. The summed E-state index contributed by atoms with van der Waals surface area (Å²) in [6.07, 6.45) is 6.05. The third kappa shape index (κ3) is 5.64. The third-order valence-electron chi connectivity index (χ3n) is 6.21. The topological polar surface area (TPSA) is 99.2 Å². The highest BCUT2D eigenvalue weighted by Gasteiger charge is 2.21. The van der Waals surface area contributed by atoms with Crippen LogP contribution in [0.4, 0.5) is 11.4 Å². The summed E-state index contributed by atoms with van der Waals surface area (Å²) in [5.74, 6) is 0.306. The molecule has 2 amide bonds. The van der Waals surface area contributed by atoms with E-state index in [4.69, 9.17) is 0 Å². The van der Waals surface area contributed by atoms with Gasteiger partial charge in [-0.05, 0) is 68.1 Å². The van der Waals surface area contributed by atoms with Crippen LogP contribution in [0.25, 0.3) is 0 Å². The monoisotopic (exact) mass is 482 g/mol. The summed E-state index contributed by atoms with van der Waals surface area (Å²) in [5.41, 5.74) is 1.56. The quantitative estimate of drug-likeness (QED) is 0.693. The van der Waals surface area contributed by atoms with Gasteiger partial charge < -0.3 is 15.1 Å². The number of amidine groups is 1. The van der Waals surface area contributed by atoms with E-state index in [9.17, 15) is 18.0 Å². The van der Waals surface area contributed by atoms with Gasteiger partial charge in [0.25, 0.3) is 15.9 Å². The van der Waals surface area contributed by atoms with Crippen molar-refractivity contribution in [2.24, 2.45) is 4.40 Å². The Morgan fingerprint density at radius 3 is 2.44 bits per heavy atom. The number of carbonyl (C=O) groups excluding carboxylic acids is 2. The number of nitrogens with one attached hydrogen (secondary N) is 1. The molecule has 2 aliphatic rings. The van der Waals surface area contributed by atoms with Gasteiger partial charge in [0.05, 0.1) is 4.90 Å². The van der Waals surface area contributed by atoms with Crippen LogP contribution < -0.4 is 10.2 Å². The van der Waals surface area contributed by atoms with Gasteiger partial charge in [-0.1, -0.05) is 12.5 Å². The number of hydrogen-bond acceptors (Lipinski definition) is 4. The number of nitrogens with zero attached hydrogens (tertiary/aromatic N) is 3. The summed E-state index contributed by atoms with van der Waals surface area (Å²) in [6.45, 7) is 1.47. The summed E-state index contributed by atoms with van der Waals surface area (Å²) in [6, 6.07) is 13.0. The van der Waals surface area contributed by atoms with Gasteiger partial charge in [0.2, 0.25) is 5.91 Å². The Morgan fingerprint density at radius 1 is 0.941 bits per heavy atom. The fourth-order valence-electron chi connectivity index (χ4n) is 4.24. The molecule has 0 spiro atoms. The maximum atomic E-state index is 12.9. The molecule has 1 N–H and O–H groups in total. The molecule has 0 aliphatic carbocycles. The largest absolute Gasteiger partial charge is 0.362 e. The summed E-state index contributed by atoms with van der Waals surface area (Å²) in [5, 5.41) is 2.76. The lowest BCUT2D eigenvalue weighted by Gasteiger charge is -2.26. The first-order valence-electron chi connectivity index (χ1n) is 11.7. The fourth-order valence-corrected chi connectivity index (χ4v) is 5.38. The normalized spacial score (nSPS) is 18.6. The van der Waals surface area contributed by atoms with E-state index in [0.29, 0.717) is 36.5 Å². The zero-order chi connectivity index (χ0) is 24.1. The second kappa shape index (κ2) is 10.4. The maximum absolute atomic E-state index is 12.9. The average molecular weight is 483 g/mol. The molecule has 2 aliphatic heterocycles. The van der Waals surface area contributed by atoms with Crippen LogP contribution in [-0.2, 0) is 14.8 Å². The van der Waals surface area contributed by atoms with Crippen LogP contribution in [0, 0.1) is 0 Å². The second-order valence-electron chi connectivity index (χ2n) is 8.75. The van der Waals surface area contributed by atoms with Gasteiger partial charge in [-0.15, -0.1) is 4.40 Å². The lowest BCUT2D eigenvalue weighted by molar-refractivity contribution is -0.119. The first kappa shape index (κ1) is 23.9. The smallest absolute Gasteiger partial charge is 0.284 e. The molecule has 0 bridgehead atoms. The molecule has 4 rings (SSSR count). The number of benzene rings is 2. The van der Waals surface area contributed by atoms with E-state index < -0.39 is 10.0 Å². The Bertz CT molecular complexity index is 1190. The SMILES string of the molecule is CN1CCCCC/C1=N\S(=O)(=O)c1cccc(NC(=O)c2ccc(N3CCCCC3=O)cc2)c1. The summed E-state index contributed by atoms with van der Waals surface area (Å²) < 4.78 is 29.9. The van der Waals surface area contributed by atoms with Crippen molar-refractivity contribution in [2.45, 2.75) is 49.8 Å². The van der Waals surface area contributed by atoms with E-state index in [1.54, 1.807) is 41.3 Å². The average Bonchev–Trinajstić information content (AvgIpc) is 3.03.